The van der Waals surface area contributed by atoms with Gasteiger partial charge in [0, 0.05) is 32.2 Å². The number of amides is 2. The molecule has 1 saturated carbocycles. The van der Waals surface area contributed by atoms with Crippen molar-refractivity contribution in [2.75, 3.05) is 26.2 Å². The molecule has 0 aromatic rings. The molecule has 1 heterocycles. The molecular weight excluding hydrogens is 218 g/mol. The zero-order valence-electron chi connectivity index (χ0n) is 10.4. The smallest absolute Gasteiger partial charge is 0.311 e. The van der Waals surface area contributed by atoms with E-state index < -0.39 is 5.91 Å². The molecule has 2 N–H and O–H groups in total. The van der Waals surface area contributed by atoms with Gasteiger partial charge in [0.1, 0.15) is 0 Å². The lowest BCUT2D eigenvalue weighted by Gasteiger charge is -2.27. The second kappa shape index (κ2) is 5.49. The summed E-state index contributed by atoms with van der Waals surface area (Å²) >= 11 is 0. The van der Waals surface area contributed by atoms with Crippen LogP contribution in [0, 0.1) is 5.92 Å². The summed E-state index contributed by atoms with van der Waals surface area (Å²) in [7, 11) is 0. The Hall–Kier alpha value is -1.10. The maximum atomic E-state index is 11.8. The van der Waals surface area contributed by atoms with Crippen LogP contribution in [-0.4, -0.2) is 48.9 Å². The van der Waals surface area contributed by atoms with Gasteiger partial charge >= 0.3 is 11.8 Å². The molecule has 5 heteroatoms. The van der Waals surface area contributed by atoms with Crippen LogP contribution in [-0.2, 0) is 9.59 Å². The van der Waals surface area contributed by atoms with Gasteiger partial charge in [0.15, 0.2) is 0 Å². The number of hydrogen-bond donors (Lipinski definition) is 2. The standard InChI is InChI=1S/C12H21N3O2/c1-9(8-10-2-3-10)14-11(16)12(17)15-6-4-13-5-7-15/h9-10,13H,2-8H2,1H3,(H,14,16). The van der Waals surface area contributed by atoms with Gasteiger partial charge in [-0.05, 0) is 19.3 Å². The maximum Gasteiger partial charge on any atom is 0.311 e. The number of piperazine rings is 1. The largest absolute Gasteiger partial charge is 0.345 e. The Morgan fingerprint density at radius 3 is 2.59 bits per heavy atom. The van der Waals surface area contributed by atoms with Crippen LogP contribution >= 0.6 is 0 Å². The molecule has 0 aromatic heterocycles. The number of carbonyl (C=O) groups is 2. The van der Waals surface area contributed by atoms with Gasteiger partial charge in [-0.3, -0.25) is 9.59 Å². The van der Waals surface area contributed by atoms with Crippen LogP contribution in [0.1, 0.15) is 26.2 Å². The summed E-state index contributed by atoms with van der Waals surface area (Å²) in [6, 6.07) is 0.113. The molecule has 0 bridgehead atoms. The lowest BCUT2D eigenvalue weighted by atomic mass is 10.1. The molecular formula is C12H21N3O2. The van der Waals surface area contributed by atoms with Crippen molar-refractivity contribution < 1.29 is 9.59 Å². The predicted molar refractivity (Wildman–Crippen MR) is 64.4 cm³/mol. The van der Waals surface area contributed by atoms with Crippen molar-refractivity contribution in [3.63, 3.8) is 0 Å². The summed E-state index contributed by atoms with van der Waals surface area (Å²) in [5.74, 6) is -0.0613. The number of rotatable bonds is 3. The second-order valence-corrected chi connectivity index (χ2v) is 5.10. The monoisotopic (exact) mass is 239 g/mol. The fourth-order valence-corrected chi connectivity index (χ4v) is 2.21. The van der Waals surface area contributed by atoms with Crippen LogP contribution in [0.25, 0.3) is 0 Å². The quantitative estimate of drug-likeness (QED) is 0.666. The first-order valence-electron chi connectivity index (χ1n) is 6.47. The van der Waals surface area contributed by atoms with E-state index in [1.54, 1.807) is 4.90 Å². The van der Waals surface area contributed by atoms with E-state index in [-0.39, 0.29) is 11.9 Å². The number of carbonyl (C=O) groups excluding carboxylic acids is 2. The van der Waals surface area contributed by atoms with E-state index in [0.717, 1.165) is 25.4 Å². The zero-order chi connectivity index (χ0) is 12.3. The van der Waals surface area contributed by atoms with Crippen LogP contribution < -0.4 is 10.6 Å². The van der Waals surface area contributed by atoms with Crippen LogP contribution in [0.15, 0.2) is 0 Å². The highest BCUT2D eigenvalue weighted by Crippen LogP contribution is 2.33. The minimum atomic E-state index is -0.444. The fraction of sp³-hybridized carbons (Fsp3) is 0.833. The Morgan fingerprint density at radius 1 is 1.35 bits per heavy atom. The van der Waals surface area contributed by atoms with E-state index in [1.165, 1.54) is 12.8 Å². The van der Waals surface area contributed by atoms with Crippen LogP contribution in [0.3, 0.4) is 0 Å². The van der Waals surface area contributed by atoms with Gasteiger partial charge in [-0.15, -0.1) is 0 Å². The SMILES string of the molecule is CC(CC1CC1)NC(=O)C(=O)N1CCNCC1. The number of hydrogen-bond acceptors (Lipinski definition) is 3. The maximum absolute atomic E-state index is 11.8. The molecule has 96 valence electrons. The summed E-state index contributed by atoms with van der Waals surface area (Å²) in [5, 5.41) is 5.96. The first-order valence-corrected chi connectivity index (χ1v) is 6.47. The third-order valence-corrected chi connectivity index (χ3v) is 3.36. The number of nitrogens with one attached hydrogen (secondary N) is 2. The molecule has 1 atom stereocenters. The van der Waals surface area contributed by atoms with E-state index >= 15 is 0 Å². The Kier molecular flexibility index (Phi) is 3.99. The Labute approximate surface area is 102 Å². The molecule has 2 aliphatic rings. The number of nitrogens with zero attached hydrogens (tertiary/aromatic N) is 1. The summed E-state index contributed by atoms with van der Waals surface area (Å²) in [4.78, 5) is 25.2. The van der Waals surface area contributed by atoms with Gasteiger partial charge in [0.25, 0.3) is 0 Å². The lowest BCUT2D eigenvalue weighted by Crippen LogP contribution is -2.52. The fourth-order valence-electron chi connectivity index (χ4n) is 2.21. The van der Waals surface area contributed by atoms with Crippen LogP contribution in [0.4, 0.5) is 0 Å². The van der Waals surface area contributed by atoms with E-state index in [1.807, 2.05) is 6.92 Å². The van der Waals surface area contributed by atoms with Crippen molar-refractivity contribution in [3.05, 3.63) is 0 Å². The van der Waals surface area contributed by atoms with E-state index in [0.29, 0.717) is 13.1 Å². The highest BCUT2D eigenvalue weighted by Gasteiger charge is 2.27. The molecule has 1 aliphatic carbocycles. The van der Waals surface area contributed by atoms with Crippen molar-refractivity contribution in [2.24, 2.45) is 5.92 Å². The van der Waals surface area contributed by atoms with E-state index in [9.17, 15) is 9.59 Å². The zero-order valence-corrected chi connectivity index (χ0v) is 10.4. The first-order chi connectivity index (χ1) is 8.16. The Bertz CT molecular complexity index is 296. The molecule has 0 spiro atoms. The second-order valence-electron chi connectivity index (χ2n) is 5.10. The summed E-state index contributed by atoms with van der Waals surface area (Å²) < 4.78 is 0. The normalized spacial score (nSPS) is 22.1. The van der Waals surface area contributed by atoms with Crippen molar-refractivity contribution >= 4 is 11.8 Å². The predicted octanol–water partition coefficient (Wildman–Crippen LogP) is -0.277. The van der Waals surface area contributed by atoms with Crippen LogP contribution in [0.5, 0.6) is 0 Å². The topological polar surface area (TPSA) is 61.4 Å². The van der Waals surface area contributed by atoms with Crippen molar-refractivity contribution in [1.29, 1.82) is 0 Å². The molecule has 1 aliphatic heterocycles. The van der Waals surface area contributed by atoms with Crippen LogP contribution in [0.2, 0.25) is 0 Å². The Morgan fingerprint density at radius 2 is 2.00 bits per heavy atom. The van der Waals surface area contributed by atoms with Gasteiger partial charge in [0.2, 0.25) is 0 Å². The molecule has 1 unspecified atom stereocenters. The summed E-state index contributed by atoms with van der Waals surface area (Å²) in [6.07, 6.45) is 3.54. The highest BCUT2D eigenvalue weighted by atomic mass is 16.2. The average Bonchev–Trinajstić information content (AvgIpc) is 3.12. The molecule has 2 amide bonds. The molecule has 2 fully saturated rings. The molecule has 5 nitrogen and oxygen atoms in total. The molecule has 0 radical (unpaired) electrons. The van der Waals surface area contributed by atoms with Crippen molar-refractivity contribution in [2.45, 2.75) is 32.2 Å². The third kappa shape index (κ3) is 3.70. The van der Waals surface area contributed by atoms with E-state index in [2.05, 4.69) is 10.6 Å². The lowest BCUT2D eigenvalue weighted by molar-refractivity contribution is -0.146. The van der Waals surface area contributed by atoms with Crippen molar-refractivity contribution in [1.82, 2.24) is 15.5 Å². The van der Waals surface area contributed by atoms with Gasteiger partial charge in [0.05, 0.1) is 0 Å². The van der Waals surface area contributed by atoms with Gasteiger partial charge in [-0.2, -0.15) is 0 Å². The first kappa shape index (κ1) is 12.4. The minimum absolute atomic E-state index is 0.113. The molecule has 0 aromatic carbocycles. The average molecular weight is 239 g/mol. The van der Waals surface area contributed by atoms with Gasteiger partial charge < -0.3 is 15.5 Å². The summed E-state index contributed by atoms with van der Waals surface area (Å²) in [5.41, 5.74) is 0. The van der Waals surface area contributed by atoms with Gasteiger partial charge in [-0.1, -0.05) is 12.8 Å². The van der Waals surface area contributed by atoms with E-state index in [4.69, 9.17) is 0 Å². The highest BCUT2D eigenvalue weighted by molar-refractivity contribution is 6.35. The van der Waals surface area contributed by atoms with Crippen molar-refractivity contribution in [3.8, 4) is 0 Å². The third-order valence-electron chi connectivity index (χ3n) is 3.36. The minimum Gasteiger partial charge on any atom is -0.345 e. The summed E-state index contributed by atoms with van der Waals surface area (Å²) in [6.45, 7) is 4.78. The van der Waals surface area contributed by atoms with Gasteiger partial charge in [-0.25, -0.2) is 0 Å². The molecule has 1 saturated heterocycles. The Balaban J connectivity index is 1.75. The molecule has 2 rings (SSSR count). The molecule has 17 heavy (non-hydrogen) atoms.